The molecule has 2 aromatic rings. The van der Waals surface area contributed by atoms with Crippen molar-refractivity contribution in [3.63, 3.8) is 0 Å². The van der Waals surface area contributed by atoms with Gasteiger partial charge in [-0.3, -0.25) is 0 Å². The number of hydrogen-bond donors (Lipinski definition) is 0. The van der Waals surface area contributed by atoms with Crippen LogP contribution in [0.1, 0.15) is 5.56 Å². The Balaban J connectivity index is 2.36. The van der Waals surface area contributed by atoms with Crippen LogP contribution >= 0.6 is 23.2 Å². The van der Waals surface area contributed by atoms with Crippen molar-refractivity contribution in [2.45, 2.75) is 12.2 Å². The lowest BCUT2D eigenvalue weighted by Gasteiger charge is -2.12. The molecule has 20 heavy (non-hydrogen) atoms. The summed E-state index contributed by atoms with van der Waals surface area (Å²) in [6.07, 6.45) is -4.70. The topological polar surface area (TPSA) is 9.23 Å². The van der Waals surface area contributed by atoms with Gasteiger partial charge in [0.15, 0.2) is 0 Å². The molecule has 0 spiro atoms. The molecule has 2 rings (SSSR count). The van der Waals surface area contributed by atoms with E-state index in [9.17, 15) is 13.2 Å². The summed E-state index contributed by atoms with van der Waals surface area (Å²) >= 11 is 12.0. The average Bonchev–Trinajstić information content (AvgIpc) is 2.38. The fourth-order valence-corrected chi connectivity index (χ4v) is 2.35. The standard InChI is InChI=1S/C14H9Cl2F3O/c15-8-10-2-1-3-12(16)13(10)9-4-6-11(7-5-9)20-14(17,18)19/h1-7H,8H2. The molecular formula is C14H9Cl2F3O. The molecule has 0 unspecified atom stereocenters. The summed E-state index contributed by atoms with van der Waals surface area (Å²) in [5.41, 5.74) is 2.20. The van der Waals surface area contributed by atoms with Crippen LogP contribution in [0.3, 0.4) is 0 Å². The highest BCUT2D eigenvalue weighted by molar-refractivity contribution is 6.33. The van der Waals surface area contributed by atoms with E-state index in [0.29, 0.717) is 16.1 Å². The molecule has 6 heteroatoms. The first-order valence-electron chi connectivity index (χ1n) is 5.60. The lowest BCUT2D eigenvalue weighted by Crippen LogP contribution is -2.16. The predicted molar refractivity (Wildman–Crippen MR) is 73.1 cm³/mol. The fourth-order valence-electron chi connectivity index (χ4n) is 1.83. The van der Waals surface area contributed by atoms with Crippen LogP contribution in [0.4, 0.5) is 13.2 Å². The van der Waals surface area contributed by atoms with E-state index in [1.165, 1.54) is 24.3 Å². The number of rotatable bonds is 3. The summed E-state index contributed by atoms with van der Waals surface area (Å²) in [6.45, 7) is 0. The van der Waals surface area contributed by atoms with Crippen molar-refractivity contribution < 1.29 is 17.9 Å². The molecule has 106 valence electrons. The minimum atomic E-state index is -4.70. The Morgan fingerprint density at radius 3 is 2.20 bits per heavy atom. The van der Waals surface area contributed by atoms with Crippen LogP contribution in [0.25, 0.3) is 11.1 Å². The summed E-state index contributed by atoms with van der Waals surface area (Å²) < 4.78 is 40.1. The van der Waals surface area contributed by atoms with Crippen LogP contribution in [0.2, 0.25) is 5.02 Å². The molecule has 0 aliphatic heterocycles. The van der Waals surface area contributed by atoms with Crippen LogP contribution in [0.15, 0.2) is 42.5 Å². The number of alkyl halides is 4. The van der Waals surface area contributed by atoms with Gasteiger partial charge in [0, 0.05) is 16.5 Å². The van der Waals surface area contributed by atoms with Gasteiger partial charge in [0.2, 0.25) is 0 Å². The van der Waals surface area contributed by atoms with Gasteiger partial charge >= 0.3 is 6.36 Å². The van der Waals surface area contributed by atoms with E-state index in [1.807, 2.05) is 6.07 Å². The maximum absolute atomic E-state index is 12.1. The van der Waals surface area contributed by atoms with E-state index in [4.69, 9.17) is 23.2 Å². The predicted octanol–water partition coefficient (Wildman–Crippen LogP) is 5.64. The lowest BCUT2D eigenvalue weighted by molar-refractivity contribution is -0.274. The summed E-state index contributed by atoms with van der Waals surface area (Å²) in [7, 11) is 0. The molecule has 0 bridgehead atoms. The average molecular weight is 321 g/mol. The molecule has 0 aromatic heterocycles. The van der Waals surface area contributed by atoms with E-state index in [0.717, 1.165) is 5.56 Å². The highest BCUT2D eigenvalue weighted by Crippen LogP contribution is 2.34. The molecule has 0 N–H and O–H groups in total. The molecule has 0 saturated heterocycles. The van der Waals surface area contributed by atoms with Crippen LogP contribution in [0.5, 0.6) is 5.75 Å². The van der Waals surface area contributed by atoms with Crippen LogP contribution in [-0.2, 0) is 5.88 Å². The van der Waals surface area contributed by atoms with E-state index in [2.05, 4.69) is 4.74 Å². The van der Waals surface area contributed by atoms with Crippen molar-refractivity contribution in [2.75, 3.05) is 0 Å². The lowest BCUT2D eigenvalue weighted by atomic mass is 10.0. The van der Waals surface area contributed by atoms with Gasteiger partial charge in [-0.25, -0.2) is 0 Å². The number of hydrogen-bond acceptors (Lipinski definition) is 1. The Kier molecular flexibility index (Phi) is 4.45. The van der Waals surface area contributed by atoms with Crippen LogP contribution < -0.4 is 4.74 Å². The van der Waals surface area contributed by atoms with E-state index in [-0.39, 0.29) is 11.6 Å². The zero-order chi connectivity index (χ0) is 14.8. The molecule has 0 saturated carbocycles. The largest absolute Gasteiger partial charge is 0.573 e. The van der Waals surface area contributed by atoms with Crippen LogP contribution in [0, 0.1) is 0 Å². The Labute approximate surface area is 123 Å². The van der Waals surface area contributed by atoms with Gasteiger partial charge in [-0.2, -0.15) is 0 Å². The summed E-state index contributed by atoms with van der Waals surface area (Å²) in [4.78, 5) is 0. The minimum Gasteiger partial charge on any atom is -0.406 e. The second kappa shape index (κ2) is 5.94. The van der Waals surface area contributed by atoms with E-state index in [1.54, 1.807) is 12.1 Å². The van der Waals surface area contributed by atoms with Gasteiger partial charge in [-0.15, -0.1) is 24.8 Å². The second-order valence-corrected chi connectivity index (χ2v) is 4.65. The SMILES string of the molecule is FC(F)(F)Oc1ccc(-c2c(Cl)cccc2CCl)cc1. The van der Waals surface area contributed by atoms with Crippen molar-refractivity contribution in [3.05, 3.63) is 53.1 Å². The molecule has 0 fully saturated rings. The minimum absolute atomic E-state index is 0.261. The van der Waals surface area contributed by atoms with Crippen molar-refractivity contribution in [3.8, 4) is 16.9 Å². The van der Waals surface area contributed by atoms with Gasteiger partial charge in [0.05, 0.1) is 0 Å². The molecule has 2 aromatic carbocycles. The van der Waals surface area contributed by atoms with Crippen molar-refractivity contribution >= 4 is 23.2 Å². The van der Waals surface area contributed by atoms with Gasteiger partial charge in [0.1, 0.15) is 5.75 Å². The van der Waals surface area contributed by atoms with Gasteiger partial charge in [0.25, 0.3) is 0 Å². The first kappa shape index (κ1) is 15.0. The maximum Gasteiger partial charge on any atom is 0.573 e. The van der Waals surface area contributed by atoms with E-state index >= 15 is 0 Å². The first-order valence-corrected chi connectivity index (χ1v) is 6.51. The molecular weight excluding hydrogens is 312 g/mol. The highest BCUT2D eigenvalue weighted by Gasteiger charge is 2.31. The first-order chi connectivity index (χ1) is 9.40. The monoisotopic (exact) mass is 320 g/mol. The third-order valence-electron chi connectivity index (χ3n) is 2.62. The smallest absolute Gasteiger partial charge is 0.406 e. The molecule has 0 radical (unpaired) electrons. The Morgan fingerprint density at radius 1 is 1.00 bits per heavy atom. The summed E-state index contributed by atoms with van der Waals surface area (Å²) in [5, 5.41) is 0.493. The molecule has 0 amide bonds. The third-order valence-corrected chi connectivity index (χ3v) is 3.22. The molecule has 1 nitrogen and oxygen atoms in total. The maximum atomic E-state index is 12.1. The highest BCUT2D eigenvalue weighted by atomic mass is 35.5. The Hall–Kier alpha value is -1.39. The van der Waals surface area contributed by atoms with Crippen molar-refractivity contribution in [1.82, 2.24) is 0 Å². The normalized spacial score (nSPS) is 11.4. The zero-order valence-corrected chi connectivity index (χ0v) is 11.6. The van der Waals surface area contributed by atoms with Gasteiger partial charge < -0.3 is 4.74 Å². The fraction of sp³-hybridized carbons (Fsp3) is 0.143. The third kappa shape index (κ3) is 3.58. The number of benzene rings is 2. The molecule has 0 heterocycles. The molecule has 0 atom stereocenters. The van der Waals surface area contributed by atoms with Gasteiger partial charge in [-0.05, 0) is 29.3 Å². The van der Waals surface area contributed by atoms with Crippen LogP contribution in [-0.4, -0.2) is 6.36 Å². The summed E-state index contributed by atoms with van der Waals surface area (Å²) in [6, 6.07) is 10.8. The summed E-state index contributed by atoms with van der Waals surface area (Å²) in [5.74, 6) is -0.0165. The zero-order valence-electron chi connectivity index (χ0n) is 10.0. The Bertz CT molecular complexity index is 594. The van der Waals surface area contributed by atoms with Gasteiger partial charge in [-0.1, -0.05) is 35.9 Å². The number of halogens is 5. The van der Waals surface area contributed by atoms with Crippen molar-refractivity contribution in [2.24, 2.45) is 0 Å². The molecule has 0 aliphatic carbocycles. The quantitative estimate of drug-likeness (QED) is 0.664. The Morgan fingerprint density at radius 2 is 1.65 bits per heavy atom. The number of ether oxygens (including phenoxy) is 1. The second-order valence-electron chi connectivity index (χ2n) is 3.98. The van der Waals surface area contributed by atoms with Crippen molar-refractivity contribution in [1.29, 1.82) is 0 Å². The molecule has 0 aliphatic rings. The van der Waals surface area contributed by atoms with E-state index < -0.39 is 6.36 Å².